The molecule has 1 aliphatic heterocycles. The second-order valence-corrected chi connectivity index (χ2v) is 6.61. The summed E-state index contributed by atoms with van der Waals surface area (Å²) >= 11 is 0. The van der Waals surface area contributed by atoms with Crippen LogP contribution in [0.15, 0.2) is 24.3 Å². The third kappa shape index (κ3) is 5.46. The van der Waals surface area contributed by atoms with Crippen molar-refractivity contribution >= 4 is 17.7 Å². The molecule has 1 fully saturated rings. The molecule has 0 atom stereocenters. The van der Waals surface area contributed by atoms with Gasteiger partial charge in [0.25, 0.3) is 0 Å². The summed E-state index contributed by atoms with van der Waals surface area (Å²) in [4.78, 5) is 28.8. The average molecular weight is 347 g/mol. The monoisotopic (exact) mass is 347 g/mol. The summed E-state index contributed by atoms with van der Waals surface area (Å²) in [5.74, 6) is -0.397. The van der Waals surface area contributed by atoms with Crippen molar-refractivity contribution in [3.63, 3.8) is 0 Å². The van der Waals surface area contributed by atoms with E-state index in [9.17, 15) is 9.59 Å². The predicted molar refractivity (Wildman–Crippen MR) is 98.9 cm³/mol. The second kappa shape index (κ2) is 9.42. The fourth-order valence-corrected chi connectivity index (χ4v) is 2.91. The van der Waals surface area contributed by atoms with E-state index in [0.29, 0.717) is 17.9 Å². The number of benzene rings is 1. The molecule has 1 aromatic carbocycles. The highest BCUT2D eigenvalue weighted by Gasteiger charge is 2.25. The number of ether oxygens (including phenoxy) is 1. The number of carbonyl (C=O) groups excluding carboxylic acids is 2. The molecule has 25 heavy (non-hydrogen) atoms. The first kappa shape index (κ1) is 19.2. The zero-order valence-electron chi connectivity index (χ0n) is 15.5. The molecule has 0 unspecified atom stereocenters. The molecule has 0 bridgehead atoms. The van der Waals surface area contributed by atoms with Gasteiger partial charge in [0.2, 0.25) is 0 Å². The Morgan fingerprint density at radius 3 is 2.64 bits per heavy atom. The number of likely N-dealkylation sites (tertiary alicyclic amines) is 1. The maximum absolute atomic E-state index is 12.6. The van der Waals surface area contributed by atoms with Gasteiger partial charge in [-0.25, -0.2) is 9.59 Å². The Morgan fingerprint density at radius 1 is 1.28 bits per heavy atom. The lowest BCUT2D eigenvalue weighted by Crippen LogP contribution is -2.46. The summed E-state index contributed by atoms with van der Waals surface area (Å²) in [6.07, 6.45) is 3.72. The van der Waals surface area contributed by atoms with Crippen LogP contribution in [0.25, 0.3) is 0 Å². The van der Waals surface area contributed by atoms with E-state index in [1.54, 1.807) is 29.2 Å². The van der Waals surface area contributed by atoms with Crippen LogP contribution in [-0.4, -0.2) is 61.6 Å². The molecule has 0 saturated carbocycles. The highest BCUT2D eigenvalue weighted by atomic mass is 16.5. The zero-order chi connectivity index (χ0) is 18.2. The molecule has 1 saturated heterocycles. The average Bonchev–Trinajstić information content (AvgIpc) is 2.62. The Kier molecular flexibility index (Phi) is 7.25. The lowest BCUT2D eigenvalue weighted by atomic mass is 10.0. The number of para-hydroxylation sites is 1. The number of hydrogen-bond donors (Lipinski definition) is 1. The number of amides is 2. The van der Waals surface area contributed by atoms with Gasteiger partial charge in [0, 0.05) is 13.1 Å². The smallest absolute Gasteiger partial charge is 0.340 e. The second-order valence-electron chi connectivity index (χ2n) is 6.61. The minimum absolute atomic E-state index is 0.191. The van der Waals surface area contributed by atoms with Crippen molar-refractivity contribution in [2.75, 3.05) is 39.1 Å². The van der Waals surface area contributed by atoms with E-state index in [-0.39, 0.29) is 12.1 Å². The number of nitrogens with one attached hydrogen (secondary N) is 1. The maximum atomic E-state index is 12.6. The van der Waals surface area contributed by atoms with Crippen molar-refractivity contribution in [2.24, 2.45) is 0 Å². The minimum atomic E-state index is -0.397. The van der Waals surface area contributed by atoms with Crippen LogP contribution in [0.2, 0.25) is 0 Å². The molecular formula is C19H29N3O3. The predicted octanol–water partition coefficient (Wildman–Crippen LogP) is 3.20. The fraction of sp³-hybridized carbons (Fsp3) is 0.579. The summed E-state index contributed by atoms with van der Waals surface area (Å²) in [6.45, 7) is 4.42. The van der Waals surface area contributed by atoms with Gasteiger partial charge in [-0.15, -0.1) is 0 Å². The van der Waals surface area contributed by atoms with E-state index in [1.807, 2.05) is 14.0 Å². The summed E-state index contributed by atoms with van der Waals surface area (Å²) in [6, 6.07) is 7.01. The number of hydrogen-bond acceptors (Lipinski definition) is 4. The Balaban J connectivity index is 1.99. The van der Waals surface area contributed by atoms with Crippen molar-refractivity contribution in [1.29, 1.82) is 0 Å². The van der Waals surface area contributed by atoms with Crippen LogP contribution in [0, 0.1) is 0 Å². The van der Waals surface area contributed by atoms with Crippen molar-refractivity contribution < 1.29 is 14.3 Å². The van der Waals surface area contributed by atoms with Gasteiger partial charge in [0.05, 0.1) is 17.9 Å². The third-order valence-corrected chi connectivity index (χ3v) is 4.68. The number of unbranched alkanes of at least 4 members (excludes halogenated alkanes) is 1. The molecule has 6 nitrogen and oxygen atoms in total. The minimum Gasteiger partial charge on any atom is -0.462 e. The lowest BCUT2D eigenvalue weighted by molar-refractivity contribution is 0.0501. The van der Waals surface area contributed by atoms with Gasteiger partial charge in [-0.2, -0.15) is 0 Å². The van der Waals surface area contributed by atoms with E-state index in [2.05, 4.69) is 17.3 Å². The van der Waals surface area contributed by atoms with E-state index < -0.39 is 5.97 Å². The van der Waals surface area contributed by atoms with Crippen LogP contribution in [0.3, 0.4) is 0 Å². The van der Waals surface area contributed by atoms with Crippen LogP contribution >= 0.6 is 0 Å². The normalized spacial score (nSPS) is 15.6. The van der Waals surface area contributed by atoms with Crippen LogP contribution in [-0.2, 0) is 4.74 Å². The molecule has 2 rings (SSSR count). The molecule has 0 radical (unpaired) electrons. The lowest BCUT2D eigenvalue weighted by Gasteiger charge is -2.35. The Labute approximate surface area is 150 Å². The molecule has 0 aromatic heterocycles. The van der Waals surface area contributed by atoms with Crippen LogP contribution in [0.4, 0.5) is 10.5 Å². The summed E-state index contributed by atoms with van der Waals surface area (Å²) in [5, 5.41) is 2.86. The Morgan fingerprint density at radius 2 is 1.96 bits per heavy atom. The first-order chi connectivity index (χ1) is 12.0. The van der Waals surface area contributed by atoms with Gasteiger partial charge < -0.3 is 19.9 Å². The van der Waals surface area contributed by atoms with Gasteiger partial charge in [-0.1, -0.05) is 25.5 Å². The van der Waals surface area contributed by atoms with Crippen LogP contribution in [0.1, 0.15) is 43.0 Å². The molecule has 6 heteroatoms. The maximum Gasteiger partial charge on any atom is 0.340 e. The molecule has 0 spiro atoms. The fourth-order valence-electron chi connectivity index (χ4n) is 2.91. The van der Waals surface area contributed by atoms with Gasteiger partial charge in [0.1, 0.15) is 0 Å². The largest absolute Gasteiger partial charge is 0.462 e. The van der Waals surface area contributed by atoms with Crippen molar-refractivity contribution in [3.8, 4) is 0 Å². The van der Waals surface area contributed by atoms with Gasteiger partial charge >= 0.3 is 12.0 Å². The molecule has 1 aromatic rings. The third-order valence-electron chi connectivity index (χ3n) is 4.68. The number of esters is 1. The molecular weight excluding hydrogens is 318 g/mol. The highest BCUT2D eigenvalue weighted by molar-refractivity contribution is 6.00. The topological polar surface area (TPSA) is 61.9 Å². The Hall–Kier alpha value is -2.08. The molecule has 138 valence electrons. The van der Waals surface area contributed by atoms with E-state index >= 15 is 0 Å². The van der Waals surface area contributed by atoms with Gasteiger partial charge in [-0.3, -0.25) is 0 Å². The van der Waals surface area contributed by atoms with Gasteiger partial charge in [-0.05, 0) is 51.5 Å². The quantitative estimate of drug-likeness (QED) is 0.634. The molecule has 2 amide bonds. The number of urea groups is 1. The Bertz CT molecular complexity index is 583. The van der Waals surface area contributed by atoms with Crippen molar-refractivity contribution in [1.82, 2.24) is 9.80 Å². The van der Waals surface area contributed by atoms with Crippen LogP contribution < -0.4 is 5.32 Å². The molecule has 0 aliphatic carbocycles. The van der Waals surface area contributed by atoms with E-state index in [0.717, 1.165) is 38.8 Å². The summed E-state index contributed by atoms with van der Waals surface area (Å²) in [5.41, 5.74) is 0.887. The van der Waals surface area contributed by atoms with Crippen LogP contribution in [0.5, 0.6) is 0 Å². The first-order valence-electron chi connectivity index (χ1n) is 9.01. The molecule has 1 N–H and O–H groups in total. The number of piperidine rings is 1. The molecule has 1 heterocycles. The number of carbonyl (C=O) groups is 2. The number of anilines is 1. The standard InChI is InChI=1S/C19H29N3O3/c1-4-5-14-25-18(23)16-8-6-7-9-17(16)20-19(24)22(3)15-10-12-21(2)13-11-15/h6-9,15H,4-5,10-14H2,1-3H3,(H,20,24). The van der Waals surface area contributed by atoms with Crippen molar-refractivity contribution in [3.05, 3.63) is 29.8 Å². The zero-order valence-corrected chi connectivity index (χ0v) is 15.5. The summed E-state index contributed by atoms with van der Waals surface area (Å²) in [7, 11) is 3.91. The van der Waals surface area contributed by atoms with E-state index in [1.165, 1.54) is 0 Å². The van der Waals surface area contributed by atoms with E-state index in [4.69, 9.17) is 4.74 Å². The highest BCUT2D eigenvalue weighted by Crippen LogP contribution is 2.19. The molecule has 1 aliphatic rings. The first-order valence-corrected chi connectivity index (χ1v) is 9.01. The number of nitrogens with zero attached hydrogens (tertiary/aromatic N) is 2. The van der Waals surface area contributed by atoms with Gasteiger partial charge in [0.15, 0.2) is 0 Å². The SMILES string of the molecule is CCCCOC(=O)c1ccccc1NC(=O)N(C)C1CCN(C)CC1. The summed E-state index contributed by atoms with van der Waals surface area (Å²) < 4.78 is 5.27. The van der Waals surface area contributed by atoms with Crippen molar-refractivity contribution in [2.45, 2.75) is 38.6 Å². The number of rotatable bonds is 6.